The first-order chi connectivity index (χ1) is 8.18. The number of rotatable bonds is 4. The number of benzene rings is 1. The number of nitrogens with zero attached hydrogens (tertiary/aromatic N) is 3. The fourth-order valence-corrected chi connectivity index (χ4v) is 2.18. The zero-order chi connectivity index (χ0) is 12.3. The minimum atomic E-state index is 0.784. The maximum Gasteiger partial charge on any atom is 0.225 e. The molecule has 0 atom stereocenters. The lowest BCUT2D eigenvalue weighted by molar-refractivity contribution is 0.938. The van der Waals surface area contributed by atoms with Crippen LogP contribution < -0.4 is 5.32 Å². The molecule has 0 fully saturated rings. The van der Waals surface area contributed by atoms with Crippen molar-refractivity contribution in [2.45, 2.75) is 27.2 Å². The predicted molar refractivity (Wildman–Crippen MR) is 70.6 cm³/mol. The van der Waals surface area contributed by atoms with Crippen LogP contribution in [0.4, 0.5) is 5.13 Å². The normalized spacial score (nSPS) is 10.5. The molecule has 0 amide bonds. The van der Waals surface area contributed by atoms with Gasteiger partial charge in [0.1, 0.15) is 0 Å². The van der Waals surface area contributed by atoms with Gasteiger partial charge in [-0.05, 0) is 54.7 Å². The summed E-state index contributed by atoms with van der Waals surface area (Å²) in [6, 6.07) is 4.39. The van der Waals surface area contributed by atoms with E-state index >= 15 is 0 Å². The second-order valence-electron chi connectivity index (χ2n) is 4.14. The molecule has 17 heavy (non-hydrogen) atoms. The third kappa shape index (κ3) is 2.79. The molecule has 90 valence electrons. The van der Waals surface area contributed by atoms with Gasteiger partial charge < -0.3 is 5.32 Å². The monoisotopic (exact) mass is 248 g/mol. The van der Waals surface area contributed by atoms with Crippen molar-refractivity contribution in [1.82, 2.24) is 14.8 Å². The van der Waals surface area contributed by atoms with Crippen molar-refractivity contribution < 1.29 is 0 Å². The Hall–Kier alpha value is -1.49. The molecule has 0 aliphatic rings. The molecule has 4 nitrogen and oxygen atoms in total. The summed E-state index contributed by atoms with van der Waals surface area (Å²) in [5.41, 5.74) is 5.52. The Kier molecular flexibility index (Phi) is 3.68. The smallest absolute Gasteiger partial charge is 0.225 e. The summed E-state index contributed by atoms with van der Waals surface area (Å²) in [5.74, 6) is 0. The number of anilines is 1. The number of aromatic nitrogens is 3. The standard InChI is InChI=1S/C12H16N4S/c1-8-4-5-11(10(3)9(8)2)6-7-13-12-14-15-16-17-12/h4-5H,6-7H2,1-3H3,(H,13,14,16). The van der Waals surface area contributed by atoms with Crippen LogP contribution in [0.2, 0.25) is 0 Å². The highest BCUT2D eigenvalue weighted by Gasteiger charge is 2.04. The van der Waals surface area contributed by atoms with Crippen molar-refractivity contribution in [3.8, 4) is 0 Å². The van der Waals surface area contributed by atoms with E-state index in [1.165, 1.54) is 33.8 Å². The average molecular weight is 248 g/mol. The summed E-state index contributed by atoms with van der Waals surface area (Å²) >= 11 is 1.28. The Labute approximate surface area is 105 Å². The molecule has 1 heterocycles. The lowest BCUT2D eigenvalue weighted by atomic mass is 9.97. The topological polar surface area (TPSA) is 50.7 Å². The highest BCUT2D eigenvalue weighted by atomic mass is 32.1. The van der Waals surface area contributed by atoms with E-state index in [0.717, 1.165) is 18.1 Å². The molecule has 2 rings (SSSR count). The van der Waals surface area contributed by atoms with E-state index in [1.54, 1.807) is 0 Å². The molecule has 0 aliphatic carbocycles. The predicted octanol–water partition coefficient (Wildman–Crippen LogP) is 2.51. The Balaban J connectivity index is 1.97. The lowest BCUT2D eigenvalue weighted by Crippen LogP contribution is -2.06. The van der Waals surface area contributed by atoms with Crippen molar-refractivity contribution in [2.24, 2.45) is 0 Å². The Bertz CT molecular complexity index is 493. The molecule has 0 spiro atoms. The summed E-state index contributed by atoms with van der Waals surface area (Å²) < 4.78 is 3.71. The molecule has 0 saturated heterocycles. The lowest BCUT2D eigenvalue weighted by Gasteiger charge is -2.11. The van der Waals surface area contributed by atoms with Crippen LogP contribution in [0.5, 0.6) is 0 Å². The van der Waals surface area contributed by atoms with Gasteiger partial charge in [0.25, 0.3) is 0 Å². The van der Waals surface area contributed by atoms with Crippen LogP contribution in [0, 0.1) is 20.8 Å². The molecule has 1 aromatic heterocycles. The average Bonchev–Trinajstić information content (AvgIpc) is 2.82. The molecule has 5 heteroatoms. The third-order valence-electron chi connectivity index (χ3n) is 3.14. The van der Waals surface area contributed by atoms with Gasteiger partial charge in [0, 0.05) is 18.1 Å². The van der Waals surface area contributed by atoms with Crippen molar-refractivity contribution in [1.29, 1.82) is 0 Å². The minimum Gasteiger partial charge on any atom is -0.359 e. The van der Waals surface area contributed by atoms with Gasteiger partial charge in [0.2, 0.25) is 5.13 Å². The van der Waals surface area contributed by atoms with E-state index in [-0.39, 0.29) is 0 Å². The largest absolute Gasteiger partial charge is 0.359 e. The van der Waals surface area contributed by atoms with Crippen LogP contribution in [0.25, 0.3) is 0 Å². The summed E-state index contributed by atoms with van der Waals surface area (Å²) in [4.78, 5) is 0. The molecular formula is C12H16N4S. The highest BCUT2D eigenvalue weighted by Crippen LogP contribution is 2.17. The molecule has 0 radical (unpaired) electrons. The van der Waals surface area contributed by atoms with Gasteiger partial charge in [-0.1, -0.05) is 21.7 Å². The molecule has 0 saturated carbocycles. The SMILES string of the molecule is Cc1ccc(CCNc2nnns2)c(C)c1C. The van der Waals surface area contributed by atoms with E-state index in [2.05, 4.69) is 53.0 Å². The number of aryl methyl sites for hydroxylation is 1. The van der Waals surface area contributed by atoms with Gasteiger partial charge in [-0.25, -0.2) is 0 Å². The van der Waals surface area contributed by atoms with Gasteiger partial charge >= 0.3 is 0 Å². The quantitative estimate of drug-likeness (QED) is 0.903. The second kappa shape index (κ2) is 5.23. The number of hydrogen-bond acceptors (Lipinski definition) is 5. The van der Waals surface area contributed by atoms with Crippen LogP contribution >= 0.6 is 11.5 Å². The first-order valence-electron chi connectivity index (χ1n) is 5.63. The summed E-state index contributed by atoms with van der Waals surface area (Å²) in [5, 5.41) is 11.4. The molecule has 0 aliphatic heterocycles. The van der Waals surface area contributed by atoms with E-state index in [4.69, 9.17) is 0 Å². The van der Waals surface area contributed by atoms with Gasteiger partial charge in [-0.2, -0.15) is 0 Å². The van der Waals surface area contributed by atoms with E-state index in [1.807, 2.05) is 0 Å². The molecule has 1 aromatic carbocycles. The second-order valence-corrected chi connectivity index (χ2v) is 4.87. The zero-order valence-corrected chi connectivity index (χ0v) is 11.1. The zero-order valence-electron chi connectivity index (χ0n) is 10.3. The van der Waals surface area contributed by atoms with E-state index in [9.17, 15) is 0 Å². The maximum atomic E-state index is 3.85. The van der Waals surface area contributed by atoms with Crippen LogP contribution in [-0.2, 0) is 6.42 Å². The van der Waals surface area contributed by atoms with E-state index < -0.39 is 0 Å². The molecule has 0 bridgehead atoms. The van der Waals surface area contributed by atoms with Crippen molar-refractivity contribution in [3.05, 3.63) is 34.4 Å². The molecular weight excluding hydrogens is 232 g/mol. The fraction of sp³-hybridized carbons (Fsp3) is 0.417. The summed E-state index contributed by atoms with van der Waals surface area (Å²) in [6.45, 7) is 7.37. The number of hydrogen-bond donors (Lipinski definition) is 1. The maximum absolute atomic E-state index is 3.85. The van der Waals surface area contributed by atoms with Crippen molar-refractivity contribution in [3.63, 3.8) is 0 Å². The van der Waals surface area contributed by atoms with Gasteiger partial charge in [0.05, 0.1) is 0 Å². The Morgan fingerprint density at radius 1 is 1.18 bits per heavy atom. The van der Waals surface area contributed by atoms with E-state index in [0.29, 0.717) is 0 Å². The highest BCUT2D eigenvalue weighted by molar-refractivity contribution is 7.09. The van der Waals surface area contributed by atoms with Gasteiger partial charge in [-0.15, -0.1) is 0 Å². The van der Waals surface area contributed by atoms with Crippen LogP contribution in [0.1, 0.15) is 22.3 Å². The van der Waals surface area contributed by atoms with Crippen molar-refractivity contribution >= 4 is 16.7 Å². The van der Waals surface area contributed by atoms with Crippen molar-refractivity contribution in [2.75, 3.05) is 11.9 Å². The van der Waals surface area contributed by atoms with Crippen LogP contribution in [0.3, 0.4) is 0 Å². The summed E-state index contributed by atoms with van der Waals surface area (Å²) in [6.07, 6.45) is 0.993. The van der Waals surface area contributed by atoms with Gasteiger partial charge in [0.15, 0.2) is 0 Å². The first kappa shape index (κ1) is 12.0. The Morgan fingerprint density at radius 3 is 2.71 bits per heavy atom. The molecule has 2 aromatic rings. The minimum absolute atomic E-state index is 0.784. The molecule has 1 N–H and O–H groups in total. The summed E-state index contributed by atoms with van der Waals surface area (Å²) in [7, 11) is 0. The van der Waals surface area contributed by atoms with Gasteiger partial charge in [-0.3, -0.25) is 0 Å². The molecule has 0 unspecified atom stereocenters. The van der Waals surface area contributed by atoms with Crippen LogP contribution in [-0.4, -0.2) is 21.3 Å². The number of nitrogens with one attached hydrogen (secondary N) is 1. The first-order valence-corrected chi connectivity index (χ1v) is 6.40. The Morgan fingerprint density at radius 2 is 2.00 bits per heavy atom. The third-order valence-corrected chi connectivity index (χ3v) is 3.69. The fourth-order valence-electron chi connectivity index (χ4n) is 1.79. The van der Waals surface area contributed by atoms with Crippen LogP contribution in [0.15, 0.2) is 12.1 Å².